The van der Waals surface area contributed by atoms with Gasteiger partial charge >= 0.3 is 0 Å². The van der Waals surface area contributed by atoms with Crippen LogP contribution in [0.3, 0.4) is 0 Å². The van der Waals surface area contributed by atoms with Crippen molar-refractivity contribution in [2.45, 2.75) is 6.92 Å². The fourth-order valence-corrected chi connectivity index (χ4v) is 1.63. The zero-order valence-electron chi connectivity index (χ0n) is 9.87. The Bertz CT molecular complexity index is 629. The van der Waals surface area contributed by atoms with E-state index in [0.29, 0.717) is 11.4 Å². The molecule has 0 saturated heterocycles. The second kappa shape index (κ2) is 4.76. The first kappa shape index (κ1) is 11.9. The summed E-state index contributed by atoms with van der Waals surface area (Å²) in [7, 11) is 0. The molecule has 2 aromatic rings. The first-order valence-corrected chi connectivity index (χ1v) is 5.43. The van der Waals surface area contributed by atoms with Crippen LogP contribution in [0.1, 0.15) is 11.1 Å². The van der Waals surface area contributed by atoms with Crippen molar-refractivity contribution in [2.24, 2.45) is 0 Å². The van der Waals surface area contributed by atoms with Crippen LogP contribution in [0.5, 0.6) is 0 Å². The van der Waals surface area contributed by atoms with Crippen LogP contribution in [0.4, 0.5) is 21.5 Å². The lowest BCUT2D eigenvalue weighted by molar-refractivity contribution is 0.627. The van der Waals surface area contributed by atoms with Crippen LogP contribution < -0.4 is 11.1 Å². The third kappa shape index (κ3) is 2.41. The fourth-order valence-electron chi connectivity index (χ4n) is 1.63. The average Bonchev–Trinajstić information content (AvgIpc) is 2.36. The lowest BCUT2D eigenvalue weighted by atomic mass is 10.1. The Morgan fingerprint density at radius 3 is 2.67 bits per heavy atom. The van der Waals surface area contributed by atoms with Crippen LogP contribution in [0.15, 0.2) is 36.4 Å². The summed E-state index contributed by atoms with van der Waals surface area (Å²) in [4.78, 5) is 0. The molecule has 0 saturated carbocycles. The maximum absolute atomic E-state index is 13.0. The normalized spacial score (nSPS) is 9.83. The monoisotopic (exact) mass is 241 g/mol. The number of nitrogens with one attached hydrogen (secondary N) is 1. The lowest BCUT2D eigenvalue weighted by Crippen LogP contribution is -1.96. The summed E-state index contributed by atoms with van der Waals surface area (Å²) in [6, 6.07) is 11.5. The van der Waals surface area contributed by atoms with Gasteiger partial charge in [-0.05, 0) is 48.9 Å². The predicted molar refractivity (Wildman–Crippen MR) is 70.0 cm³/mol. The largest absolute Gasteiger partial charge is 0.399 e. The summed E-state index contributed by atoms with van der Waals surface area (Å²) >= 11 is 0. The highest BCUT2D eigenvalue weighted by Gasteiger charge is 2.04. The van der Waals surface area contributed by atoms with Gasteiger partial charge in [0.15, 0.2) is 0 Å². The van der Waals surface area contributed by atoms with E-state index in [4.69, 9.17) is 11.0 Å². The third-order valence-corrected chi connectivity index (χ3v) is 2.65. The van der Waals surface area contributed by atoms with Crippen molar-refractivity contribution in [3.63, 3.8) is 0 Å². The Morgan fingerprint density at radius 2 is 2.00 bits per heavy atom. The molecule has 18 heavy (non-hydrogen) atoms. The van der Waals surface area contributed by atoms with E-state index < -0.39 is 5.82 Å². The molecule has 2 rings (SSSR count). The smallest absolute Gasteiger partial charge is 0.124 e. The van der Waals surface area contributed by atoms with Gasteiger partial charge < -0.3 is 11.1 Å². The molecular weight excluding hydrogens is 229 g/mol. The molecule has 3 nitrogen and oxygen atoms in total. The van der Waals surface area contributed by atoms with Gasteiger partial charge in [-0.1, -0.05) is 0 Å². The van der Waals surface area contributed by atoms with Gasteiger partial charge in [-0.3, -0.25) is 0 Å². The molecule has 0 aliphatic rings. The molecule has 4 heteroatoms. The molecule has 0 aromatic heterocycles. The average molecular weight is 241 g/mol. The molecule has 0 spiro atoms. The fraction of sp³-hybridized carbons (Fsp3) is 0.0714. The van der Waals surface area contributed by atoms with E-state index in [0.717, 1.165) is 11.3 Å². The molecule has 0 heterocycles. The number of anilines is 3. The van der Waals surface area contributed by atoms with Crippen molar-refractivity contribution in [1.82, 2.24) is 0 Å². The lowest BCUT2D eigenvalue weighted by Gasteiger charge is -2.10. The van der Waals surface area contributed by atoms with Crippen LogP contribution >= 0.6 is 0 Å². The quantitative estimate of drug-likeness (QED) is 0.793. The third-order valence-electron chi connectivity index (χ3n) is 2.65. The highest BCUT2D eigenvalue weighted by Crippen LogP contribution is 2.23. The second-order valence-corrected chi connectivity index (χ2v) is 4.00. The van der Waals surface area contributed by atoms with E-state index in [1.54, 1.807) is 12.1 Å². The number of nitrogen functional groups attached to an aromatic ring is 1. The van der Waals surface area contributed by atoms with Crippen LogP contribution in [-0.4, -0.2) is 0 Å². The van der Waals surface area contributed by atoms with Crippen molar-refractivity contribution in [1.29, 1.82) is 5.26 Å². The number of hydrogen-bond acceptors (Lipinski definition) is 3. The van der Waals surface area contributed by atoms with Crippen LogP contribution in [-0.2, 0) is 0 Å². The maximum Gasteiger partial charge on any atom is 0.124 e. The first-order valence-electron chi connectivity index (χ1n) is 5.43. The van der Waals surface area contributed by atoms with Gasteiger partial charge in [0.25, 0.3) is 0 Å². The Balaban J connectivity index is 2.34. The first-order chi connectivity index (χ1) is 8.60. The molecule has 0 amide bonds. The molecule has 0 unspecified atom stereocenters. The van der Waals surface area contributed by atoms with Crippen LogP contribution in [0.2, 0.25) is 0 Å². The number of benzene rings is 2. The number of nitrogens with zero attached hydrogens (tertiary/aromatic N) is 1. The topological polar surface area (TPSA) is 61.8 Å². The Labute approximate surface area is 105 Å². The molecule has 2 aromatic carbocycles. The minimum Gasteiger partial charge on any atom is -0.399 e. The van der Waals surface area contributed by atoms with Crippen molar-refractivity contribution in [3.8, 4) is 6.07 Å². The zero-order chi connectivity index (χ0) is 13.1. The molecule has 0 radical (unpaired) electrons. The maximum atomic E-state index is 13.0. The van der Waals surface area contributed by atoms with Crippen molar-refractivity contribution in [3.05, 3.63) is 53.3 Å². The minimum absolute atomic E-state index is 0.268. The van der Waals surface area contributed by atoms with E-state index in [9.17, 15) is 4.39 Å². The van der Waals surface area contributed by atoms with Gasteiger partial charge in [0.2, 0.25) is 0 Å². The van der Waals surface area contributed by atoms with E-state index >= 15 is 0 Å². The standard InChI is InChI=1S/C14H12FN3/c1-9-6-12(3-4-13(9)17)18-14-5-2-11(15)7-10(14)8-16/h2-7,18H,17H2,1H3. The number of aryl methyl sites for hydroxylation is 1. The Morgan fingerprint density at radius 1 is 1.22 bits per heavy atom. The number of hydrogen-bond donors (Lipinski definition) is 2. The number of nitriles is 1. The van der Waals surface area contributed by atoms with Crippen LogP contribution in [0.25, 0.3) is 0 Å². The van der Waals surface area contributed by atoms with Crippen molar-refractivity contribution in [2.75, 3.05) is 11.1 Å². The van der Waals surface area contributed by atoms with E-state index in [-0.39, 0.29) is 5.56 Å². The van der Waals surface area contributed by atoms with E-state index in [1.807, 2.05) is 25.1 Å². The van der Waals surface area contributed by atoms with Gasteiger partial charge in [-0.2, -0.15) is 5.26 Å². The van der Waals surface area contributed by atoms with E-state index in [1.165, 1.54) is 12.1 Å². The van der Waals surface area contributed by atoms with E-state index in [2.05, 4.69) is 5.32 Å². The van der Waals surface area contributed by atoms with Gasteiger partial charge in [0.1, 0.15) is 11.9 Å². The summed E-state index contributed by atoms with van der Waals surface area (Å²) in [5.74, 6) is -0.425. The van der Waals surface area contributed by atoms with Gasteiger partial charge in [0.05, 0.1) is 11.3 Å². The predicted octanol–water partition coefficient (Wildman–Crippen LogP) is 3.33. The highest BCUT2D eigenvalue weighted by atomic mass is 19.1. The SMILES string of the molecule is Cc1cc(Nc2ccc(F)cc2C#N)ccc1N. The minimum atomic E-state index is -0.425. The molecule has 0 bridgehead atoms. The second-order valence-electron chi connectivity index (χ2n) is 4.00. The summed E-state index contributed by atoms with van der Waals surface area (Å²) in [6.07, 6.45) is 0. The molecular formula is C14H12FN3. The summed E-state index contributed by atoms with van der Waals surface area (Å²) in [6.45, 7) is 1.90. The van der Waals surface area contributed by atoms with Gasteiger partial charge in [-0.15, -0.1) is 0 Å². The molecule has 3 N–H and O–H groups in total. The Hall–Kier alpha value is -2.54. The molecule has 0 atom stereocenters. The van der Waals surface area contributed by atoms with Crippen molar-refractivity contribution >= 4 is 17.1 Å². The number of rotatable bonds is 2. The summed E-state index contributed by atoms with van der Waals surface area (Å²) in [5.41, 5.74) is 9.03. The number of nitrogens with two attached hydrogens (primary N) is 1. The van der Waals surface area contributed by atoms with Crippen LogP contribution in [0, 0.1) is 24.1 Å². The molecule has 90 valence electrons. The summed E-state index contributed by atoms with van der Waals surface area (Å²) < 4.78 is 13.0. The molecule has 0 aliphatic carbocycles. The van der Waals surface area contributed by atoms with Gasteiger partial charge in [-0.25, -0.2) is 4.39 Å². The Kier molecular flexibility index (Phi) is 3.16. The number of halogens is 1. The van der Waals surface area contributed by atoms with Gasteiger partial charge in [0, 0.05) is 11.4 Å². The highest BCUT2D eigenvalue weighted by molar-refractivity contribution is 5.68. The zero-order valence-corrected chi connectivity index (χ0v) is 9.87. The van der Waals surface area contributed by atoms with Crippen molar-refractivity contribution < 1.29 is 4.39 Å². The molecule has 0 aliphatic heterocycles. The molecule has 0 fully saturated rings. The summed E-state index contributed by atoms with van der Waals surface area (Å²) in [5, 5.41) is 12.0.